The van der Waals surface area contributed by atoms with Crippen LogP contribution in [0.15, 0.2) is 229 Å². The highest BCUT2D eigenvalue weighted by Crippen LogP contribution is 2.63. The van der Waals surface area contributed by atoms with Gasteiger partial charge in [0, 0.05) is 11.9 Å². The predicted octanol–water partition coefficient (Wildman–Crippen LogP) is 14.5. The molecule has 11 rings (SSSR count). The SMILES string of the molecule is C(=NCc1cccc(-c2cccc(-c3ccc4c(c3)C3(c5ccccc5-4)c4ccccc4N(c4ccccc4)c4ccccc43)c2)c1)c1cccc(-c2ccccc2)c1. The van der Waals surface area contributed by atoms with E-state index in [1.54, 1.807) is 0 Å². The molecule has 0 aromatic heterocycles. The number of benzene rings is 9. The Morgan fingerprint density at radius 3 is 1.63 bits per heavy atom. The minimum atomic E-state index is -0.490. The highest BCUT2D eigenvalue weighted by Gasteiger charge is 2.51. The van der Waals surface area contributed by atoms with Crippen LogP contribution >= 0.6 is 0 Å². The Labute approximate surface area is 346 Å². The molecule has 0 saturated carbocycles. The molecule has 2 nitrogen and oxygen atoms in total. The lowest BCUT2D eigenvalue weighted by Gasteiger charge is -2.45. The summed E-state index contributed by atoms with van der Waals surface area (Å²) in [6.45, 7) is 0.612. The van der Waals surface area contributed by atoms with E-state index in [9.17, 15) is 0 Å². The lowest BCUT2D eigenvalue weighted by molar-refractivity contribution is 0.753. The van der Waals surface area contributed by atoms with Gasteiger partial charge in [0.1, 0.15) is 0 Å². The minimum absolute atomic E-state index is 0.490. The van der Waals surface area contributed by atoms with Crippen molar-refractivity contribution in [2.75, 3.05) is 4.90 Å². The van der Waals surface area contributed by atoms with Gasteiger partial charge in [-0.1, -0.05) is 176 Å². The van der Waals surface area contributed by atoms with E-state index in [1.807, 2.05) is 6.21 Å². The van der Waals surface area contributed by atoms with E-state index in [1.165, 1.54) is 83.7 Å². The number of aliphatic imine (C=N–C) groups is 1. The van der Waals surface area contributed by atoms with Crippen molar-refractivity contribution in [2.45, 2.75) is 12.0 Å². The van der Waals surface area contributed by atoms with Gasteiger partial charge in [-0.2, -0.15) is 0 Å². The van der Waals surface area contributed by atoms with E-state index < -0.39 is 5.41 Å². The molecule has 0 amide bonds. The first-order valence-electron chi connectivity index (χ1n) is 20.4. The van der Waals surface area contributed by atoms with Gasteiger partial charge in [0.2, 0.25) is 0 Å². The summed E-state index contributed by atoms with van der Waals surface area (Å²) < 4.78 is 0. The molecule has 278 valence electrons. The van der Waals surface area contributed by atoms with Crippen LogP contribution < -0.4 is 4.90 Å². The van der Waals surface area contributed by atoms with E-state index in [-0.39, 0.29) is 0 Å². The average Bonchev–Trinajstić information content (AvgIpc) is 3.60. The van der Waals surface area contributed by atoms with Crippen molar-refractivity contribution >= 4 is 23.3 Å². The van der Waals surface area contributed by atoms with Gasteiger partial charge in [-0.25, -0.2) is 0 Å². The molecule has 0 unspecified atom stereocenters. The van der Waals surface area contributed by atoms with E-state index in [0.717, 1.165) is 11.3 Å². The Kier molecular flexibility index (Phi) is 8.48. The van der Waals surface area contributed by atoms with Crippen LogP contribution in [0.4, 0.5) is 17.1 Å². The van der Waals surface area contributed by atoms with Crippen LogP contribution in [0.2, 0.25) is 0 Å². The number of hydrogen-bond donors (Lipinski definition) is 0. The molecule has 2 aliphatic rings. The van der Waals surface area contributed by atoms with Crippen molar-refractivity contribution in [2.24, 2.45) is 4.99 Å². The van der Waals surface area contributed by atoms with E-state index in [2.05, 4.69) is 229 Å². The molecule has 0 bridgehead atoms. The fourth-order valence-corrected chi connectivity index (χ4v) is 9.55. The van der Waals surface area contributed by atoms with Crippen molar-refractivity contribution in [3.05, 3.63) is 258 Å². The zero-order valence-corrected chi connectivity index (χ0v) is 32.5. The summed E-state index contributed by atoms with van der Waals surface area (Å²) in [6, 6.07) is 81.8. The van der Waals surface area contributed by atoms with Crippen LogP contribution in [-0.2, 0) is 12.0 Å². The van der Waals surface area contributed by atoms with Crippen molar-refractivity contribution < 1.29 is 0 Å². The molecule has 0 fully saturated rings. The van der Waals surface area contributed by atoms with Gasteiger partial charge in [0.05, 0.1) is 23.3 Å². The Bertz CT molecular complexity index is 2990. The van der Waals surface area contributed by atoms with Crippen molar-refractivity contribution in [1.82, 2.24) is 0 Å². The number of para-hydroxylation sites is 3. The second-order valence-electron chi connectivity index (χ2n) is 15.5. The topological polar surface area (TPSA) is 15.6 Å². The quantitative estimate of drug-likeness (QED) is 0.148. The highest BCUT2D eigenvalue weighted by atomic mass is 15.2. The van der Waals surface area contributed by atoms with Crippen LogP contribution in [0.25, 0.3) is 44.5 Å². The van der Waals surface area contributed by atoms with Crippen molar-refractivity contribution in [3.63, 3.8) is 0 Å². The van der Waals surface area contributed by atoms with Crippen LogP contribution in [0, 0.1) is 0 Å². The van der Waals surface area contributed by atoms with Gasteiger partial charge in [0.25, 0.3) is 0 Å². The van der Waals surface area contributed by atoms with Crippen LogP contribution in [0.3, 0.4) is 0 Å². The van der Waals surface area contributed by atoms with E-state index in [4.69, 9.17) is 4.99 Å². The third kappa shape index (κ3) is 5.84. The lowest BCUT2D eigenvalue weighted by atomic mass is 9.64. The maximum Gasteiger partial charge on any atom is 0.0754 e. The molecular formula is C57H40N2. The van der Waals surface area contributed by atoms with Gasteiger partial charge < -0.3 is 4.90 Å². The largest absolute Gasteiger partial charge is 0.310 e. The highest BCUT2D eigenvalue weighted by molar-refractivity contribution is 5.96. The fraction of sp³-hybridized carbons (Fsp3) is 0.0351. The molecule has 0 atom stereocenters. The van der Waals surface area contributed by atoms with Crippen molar-refractivity contribution in [1.29, 1.82) is 0 Å². The summed E-state index contributed by atoms with van der Waals surface area (Å²) in [4.78, 5) is 7.30. The minimum Gasteiger partial charge on any atom is -0.310 e. The monoisotopic (exact) mass is 752 g/mol. The summed E-state index contributed by atoms with van der Waals surface area (Å²) in [5.41, 5.74) is 20.4. The fourth-order valence-electron chi connectivity index (χ4n) is 9.55. The number of hydrogen-bond acceptors (Lipinski definition) is 2. The molecule has 1 aliphatic carbocycles. The molecule has 1 aliphatic heterocycles. The molecule has 59 heavy (non-hydrogen) atoms. The zero-order valence-electron chi connectivity index (χ0n) is 32.5. The molecule has 9 aromatic carbocycles. The lowest BCUT2D eigenvalue weighted by Crippen LogP contribution is -2.36. The molecule has 1 spiro atoms. The normalized spacial score (nSPS) is 13.2. The first-order valence-corrected chi connectivity index (χ1v) is 20.4. The maximum atomic E-state index is 4.86. The number of nitrogens with zero attached hydrogens (tertiary/aromatic N) is 2. The Hall–Kier alpha value is -7.55. The Morgan fingerprint density at radius 2 is 0.898 bits per heavy atom. The third-order valence-corrected chi connectivity index (χ3v) is 12.1. The molecule has 0 saturated heterocycles. The standard InChI is InChI=1S/C57H40N2/c1-3-18-42(19-4-1)43-20-13-16-40(34-43)38-58-39-41-17-14-21-44(35-41)45-22-15-23-46(36-45)47-32-33-50-49-26-7-8-27-51(49)57(54(50)37-47)52-28-9-11-30-55(52)59(48-24-5-2-6-25-48)56-31-12-10-29-53(56)57/h1-38H,39H2. The summed E-state index contributed by atoms with van der Waals surface area (Å²) in [5, 5.41) is 0. The maximum absolute atomic E-state index is 4.86. The summed E-state index contributed by atoms with van der Waals surface area (Å²) in [5.74, 6) is 0. The molecule has 0 N–H and O–H groups in total. The van der Waals surface area contributed by atoms with Gasteiger partial charge in [-0.05, 0) is 126 Å². The van der Waals surface area contributed by atoms with Gasteiger partial charge in [-0.3, -0.25) is 4.99 Å². The van der Waals surface area contributed by atoms with Crippen LogP contribution in [0.5, 0.6) is 0 Å². The van der Waals surface area contributed by atoms with Gasteiger partial charge in [-0.15, -0.1) is 0 Å². The van der Waals surface area contributed by atoms with Gasteiger partial charge >= 0.3 is 0 Å². The first-order chi connectivity index (χ1) is 29.3. The van der Waals surface area contributed by atoms with Gasteiger partial charge in [0.15, 0.2) is 0 Å². The van der Waals surface area contributed by atoms with E-state index in [0.29, 0.717) is 6.54 Å². The summed E-state index contributed by atoms with van der Waals surface area (Å²) in [7, 11) is 0. The average molecular weight is 753 g/mol. The third-order valence-electron chi connectivity index (χ3n) is 12.1. The molecule has 9 aromatic rings. The second-order valence-corrected chi connectivity index (χ2v) is 15.5. The molecule has 2 heteroatoms. The Balaban J connectivity index is 0.968. The Morgan fingerprint density at radius 1 is 0.373 bits per heavy atom. The zero-order chi connectivity index (χ0) is 39.2. The first kappa shape index (κ1) is 34.7. The smallest absolute Gasteiger partial charge is 0.0754 e. The molecule has 1 heterocycles. The molecule has 0 radical (unpaired) electrons. The second kappa shape index (κ2) is 14.4. The van der Waals surface area contributed by atoms with Crippen molar-refractivity contribution in [3.8, 4) is 44.5 Å². The number of anilines is 3. The van der Waals surface area contributed by atoms with Crippen LogP contribution in [0.1, 0.15) is 33.4 Å². The van der Waals surface area contributed by atoms with Crippen LogP contribution in [-0.4, -0.2) is 6.21 Å². The summed E-state index contributed by atoms with van der Waals surface area (Å²) in [6.07, 6.45) is 1.99. The number of rotatable bonds is 7. The number of fused-ring (bicyclic) bond motifs is 9. The van der Waals surface area contributed by atoms with E-state index >= 15 is 0 Å². The predicted molar refractivity (Wildman–Crippen MR) is 246 cm³/mol. The molecular weight excluding hydrogens is 713 g/mol. The summed E-state index contributed by atoms with van der Waals surface area (Å²) >= 11 is 0.